The van der Waals surface area contributed by atoms with Crippen LogP contribution in [0.2, 0.25) is 0 Å². The van der Waals surface area contributed by atoms with E-state index in [4.69, 9.17) is 9.47 Å². The van der Waals surface area contributed by atoms with E-state index in [1.54, 1.807) is 5.56 Å². The van der Waals surface area contributed by atoms with Crippen molar-refractivity contribution in [3.8, 4) is 0 Å². The van der Waals surface area contributed by atoms with Crippen LogP contribution in [0.3, 0.4) is 0 Å². The highest BCUT2D eigenvalue weighted by molar-refractivity contribution is 5.26. The highest BCUT2D eigenvalue weighted by Crippen LogP contribution is 2.51. The maximum Gasteiger partial charge on any atom is 0.0872 e. The van der Waals surface area contributed by atoms with E-state index in [0.717, 1.165) is 35.5 Å². The Morgan fingerprint density at radius 3 is 1.50 bits per heavy atom. The lowest BCUT2D eigenvalue weighted by molar-refractivity contribution is 0.189. The second-order valence-electron chi connectivity index (χ2n) is 14.2. The van der Waals surface area contributed by atoms with Crippen LogP contribution in [0.1, 0.15) is 140 Å². The lowest BCUT2D eigenvalue weighted by atomic mass is 9.73. The van der Waals surface area contributed by atoms with Crippen LogP contribution in [0.5, 0.6) is 0 Å². The van der Waals surface area contributed by atoms with Crippen LogP contribution in [-0.2, 0) is 15.9 Å². The minimum absolute atomic E-state index is 0.585. The fourth-order valence-corrected chi connectivity index (χ4v) is 9.12. The molecule has 5 aliphatic rings. The Bertz CT molecular complexity index is 839. The van der Waals surface area contributed by atoms with E-state index in [-0.39, 0.29) is 0 Å². The number of unbranched alkanes of at least 4 members (excludes halogenated alkanes) is 2. The summed E-state index contributed by atoms with van der Waals surface area (Å²) in [4.78, 5) is 0. The Morgan fingerprint density at radius 2 is 1.03 bits per heavy atom. The molecule has 2 aliphatic heterocycles. The average molecular weight is 521 g/mol. The average Bonchev–Trinajstić information content (AvgIpc) is 3.89. The van der Waals surface area contributed by atoms with Gasteiger partial charge in [-0.15, -0.1) is 0 Å². The van der Waals surface area contributed by atoms with E-state index in [2.05, 4.69) is 38.1 Å². The van der Waals surface area contributed by atoms with Gasteiger partial charge in [0.1, 0.15) is 0 Å². The van der Waals surface area contributed by atoms with Crippen LogP contribution >= 0.6 is 0 Å². The highest BCUT2D eigenvalue weighted by atomic mass is 16.6. The molecule has 2 heterocycles. The SMILES string of the molecule is CCCCCc1ccc([C@H]2CC[C@H]([C@@H]3O[C@H]3C3CCC(C4OC4[C@H]4CC[C@H](CCC)CC4)CC3)CC2)cc1. The summed E-state index contributed by atoms with van der Waals surface area (Å²) in [6.45, 7) is 4.63. The third-order valence-corrected chi connectivity index (χ3v) is 11.7. The number of aryl methyl sites for hydroxylation is 1. The zero-order chi connectivity index (χ0) is 25.9. The summed E-state index contributed by atoms with van der Waals surface area (Å²) in [5, 5.41) is 0. The monoisotopic (exact) mass is 520 g/mol. The first-order valence-corrected chi connectivity index (χ1v) is 17.1. The van der Waals surface area contributed by atoms with Crippen LogP contribution in [0.25, 0.3) is 0 Å². The molecule has 5 fully saturated rings. The summed E-state index contributed by atoms with van der Waals surface area (Å²) in [6.07, 6.45) is 27.3. The minimum Gasteiger partial charge on any atom is -0.369 e. The predicted molar refractivity (Wildman–Crippen MR) is 157 cm³/mol. The van der Waals surface area contributed by atoms with Crippen molar-refractivity contribution in [1.82, 2.24) is 0 Å². The summed E-state index contributed by atoms with van der Waals surface area (Å²) in [5.41, 5.74) is 3.11. The van der Waals surface area contributed by atoms with Crippen LogP contribution in [-0.4, -0.2) is 24.4 Å². The smallest absolute Gasteiger partial charge is 0.0872 e. The molecule has 3 aliphatic carbocycles. The summed E-state index contributed by atoms with van der Waals surface area (Å²) >= 11 is 0. The maximum atomic E-state index is 6.43. The molecule has 4 atom stereocenters. The molecule has 2 nitrogen and oxygen atoms in total. The predicted octanol–water partition coefficient (Wildman–Crippen LogP) is 9.64. The third-order valence-electron chi connectivity index (χ3n) is 11.7. The quantitative estimate of drug-likeness (QED) is 0.214. The number of benzene rings is 1. The number of ether oxygens (including phenoxy) is 2. The Morgan fingerprint density at radius 1 is 0.553 bits per heavy atom. The van der Waals surface area contributed by atoms with E-state index >= 15 is 0 Å². The van der Waals surface area contributed by atoms with Crippen molar-refractivity contribution < 1.29 is 9.47 Å². The summed E-state index contributed by atoms with van der Waals surface area (Å²) < 4.78 is 12.8. The van der Waals surface area contributed by atoms with Gasteiger partial charge >= 0.3 is 0 Å². The molecule has 3 saturated carbocycles. The van der Waals surface area contributed by atoms with Gasteiger partial charge in [0, 0.05) is 0 Å². The number of hydrogen-bond acceptors (Lipinski definition) is 2. The number of hydrogen-bond donors (Lipinski definition) is 0. The summed E-state index contributed by atoms with van der Waals surface area (Å²) in [7, 11) is 0. The highest BCUT2D eigenvalue weighted by Gasteiger charge is 2.53. The van der Waals surface area contributed by atoms with Gasteiger partial charge in [0.2, 0.25) is 0 Å². The standard InChI is InChI=1S/C36H56O2/c1-3-5-6-8-26-9-13-27(14-10-26)28-17-19-30(20-18-28)34-36(38-34)32-23-21-31(22-24-32)35-33(37-35)29-15-11-25(7-4-2)12-16-29/h9-10,13-14,25,28-36H,3-8,11-12,15-24H2,1-2H3/t25-,28-,29-,30-,31?,32?,33?,34-,35?,36-/m0/s1. The number of epoxide rings is 2. The Labute approximate surface area is 234 Å². The fraction of sp³-hybridized carbons (Fsp3) is 0.833. The second kappa shape index (κ2) is 12.8. The van der Waals surface area contributed by atoms with E-state index in [0.29, 0.717) is 24.4 Å². The van der Waals surface area contributed by atoms with Gasteiger partial charge in [0.15, 0.2) is 0 Å². The molecule has 0 spiro atoms. The van der Waals surface area contributed by atoms with E-state index in [1.807, 2.05) is 0 Å². The van der Waals surface area contributed by atoms with Gasteiger partial charge in [0.25, 0.3) is 0 Å². The van der Waals surface area contributed by atoms with Gasteiger partial charge in [-0.05, 0) is 124 Å². The normalized spacial score (nSPS) is 41.1. The van der Waals surface area contributed by atoms with Crippen molar-refractivity contribution in [3.63, 3.8) is 0 Å². The molecule has 0 aromatic heterocycles. The van der Waals surface area contributed by atoms with E-state index in [1.165, 1.54) is 121 Å². The van der Waals surface area contributed by atoms with Gasteiger partial charge in [-0.1, -0.05) is 76.6 Å². The lowest BCUT2D eigenvalue weighted by Gasteiger charge is -2.30. The lowest BCUT2D eigenvalue weighted by Crippen LogP contribution is -2.27. The molecule has 1 aromatic rings. The third kappa shape index (κ3) is 6.54. The van der Waals surface area contributed by atoms with Crippen molar-refractivity contribution in [2.24, 2.45) is 29.6 Å². The van der Waals surface area contributed by atoms with Crippen molar-refractivity contribution >= 4 is 0 Å². The molecular formula is C36H56O2. The molecule has 212 valence electrons. The Kier molecular flexibility index (Phi) is 9.17. The zero-order valence-corrected chi connectivity index (χ0v) is 24.6. The molecule has 2 heteroatoms. The molecule has 0 radical (unpaired) electrons. The topological polar surface area (TPSA) is 25.1 Å². The zero-order valence-electron chi connectivity index (χ0n) is 24.6. The second-order valence-corrected chi connectivity index (χ2v) is 14.2. The van der Waals surface area contributed by atoms with Crippen molar-refractivity contribution in [1.29, 1.82) is 0 Å². The van der Waals surface area contributed by atoms with Crippen molar-refractivity contribution in [2.75, 3.05) is 0 Å². The van der Waals surface area contributed by atoms with Gasteiger partial charge in [-0.25, -0.2) is 0 Å². The fourth-order valence-electron chi connectivity index (χ4n) is 9.12. The Hall–Kier alpha value is -0.860. The molecular weight excluding hydrogens is 464 g/mol. The van der Waals surface area contributed by atoms with Gasteiger partial charge in [0.05, 0.1) is 24.4 Å². The summed E-state index contributed by atoms with van der Waals surface area (Å²) in [6, 6.07) is 9.68. The molecule has 2 unspecified atom stereocenters. The van der Waals surface area contributed by atoms with Crippen LogP contribution < -0.4 is 0 Å². The Balaban J connectivity index is 0.882. The largest absolute Gasteiger partial charge is 0.369 e. The molecule has 2 saturated heterocycles. The van der Waals surface area contributed by atoms with Crippen molar-refractivity contribution in [3.05, 3.63) is 35.4 Å². The van der Waals surface area contributed by atoms with Crippen LogP contribution in [0, 0.1) is 29.6 Å². The van der Waals surface area contributed by atoms with Crippen LogP contribution in [0.4, 0.5) is 0 Å². The summed E-state index contributed by atoms with van der Waals surface area (Å²) in [5.74, 6) is 5.15. The molecule has 0 bridgehead atoms. The van der Waals surface area contributed by atoms with E-state index < -0.39 is 0 Å². The molecule has 0 N–H and O–H groups in total. The van der Waals surface area contributed by atoms with Gasteiger partial charge < -0.3 is 9.47 Å². The van der Waals surface area contributed by atoms with Gasteiger partial charge in [-0.3, -0.25) is 0 Å². The first kappa shape index (κ1) is 27.3. The molecule has 1 aromatic carbocycles. The maximum absolute atomic E-state index is 6.43. The van der Waals surface area contributed by atoms with Gasteiger partial charge in [-0.2, -0.15) is 0 Å². The molecule has 6 rings (SSSR count). The minimum atomic E-state index is 0.585. The first-order chi connectivity index (χ1) is 18.7. The van der Waals surface area contributed by atoms with Crippen molar-refractivity contribution in [2.45, 2.75) is 160 Å². The van der Waals surface area contributed by atoms with E-state index in [9.17, 15) is 0 Å². The molecule has 0 amide bonds. The van der Waals surface area contributed by atoms with Crippen LogP contribution in [0.15, 0.2) is 24.3 Å². The first-order valence-electron chi connectivity index (χ1n) is 17.1. The number of rotatable bonds is 11. The molecule has 38 heavy (non-hydrogen) atoms.